The zero-order chi connectivity index (χ0) is 11.7. The summed E-state index contributed by atoms with van der Waals surface area (Å²) in [4.78, 5) is 4.55. The third-order valence-electron chi connectivity index (χ3n) is 2.52. The van der Waals surface area contributed by atoms with Gasteiger partial charge in [0.15, 0.2) is 0 Å². The van der Waals surface area contributed by atoms with Crippen molar-refractivity contribution < 1.29 is 0 Å². The number of benzene rings is 1. The summed E-state index contributed by atoms with van der Waals surface area (Å²) >= 11 is 12.4. The number of nitrogens with zero attached hydrogens (tertiary/aromatic N) is 1. The van der Waals surface area contributed by atoms with Gasteiger partial charge >= 0.3 is 0 Å². The van der Waals surface area contributed by atoms with Gasteiger partial charge in [-0.15, -0.1) is 0 Å². The second-order valence-electron chi connectivity index (χ2n) is 3.99. The number of hydrogen-bond donors (Lipinski definition) is 0. The summed E-state index contributed by atoms with van der Waals surface area (Å²) in [6.07, 6.45) is 1.98. The fourth-order valence-electron chi connectivity index (χ4n) is 1.81. The molecule has 3 heteroatoms. The minimum Gasteiger partial charge on any atom is -0.251 e. The molecule has 0 radical (unpaired) electrons. The fourth-order valence-corrected chi connectivity index (χ4v) is 2.40. The number of hydrogen-bond acceptors (Lipinski definition) is 1. The van der Waals surface area contributed by atoms with E-state index < -0.39 is 0 Å². The Bertz CT molecular complexity index is 535. The SMILES string of the molecule is CCCc1cc(Cl)c2cc(C)cc(Cl)c2n1. The van der Waals surface area contributed by atoms with E-state index in [4.69, 9.17) is 23.2 Å². The first-order valence-electron chi connectivity index (χ1n) is 5.37. The van der Waals surface area contributed by atoms with Crippen molar-refractivity contribution in [1.29, 1.82) is 0 Å². The van der Waals surface area contributed by atoms with Crippen LogP contribution in [0.1, 0.15) is 24.6 Å². The Morgan fingerprint density at radius 3 is 2.56 bits per heavy atom. The predicted molar refractivity (Wildman–Crippen MR) is 70.5 cm³/mol. The number of aryl methyl sites for hydroxylation is 2. The average molecular weight is 254 g/mol. The second-order valence-corrected chi connectivity index (χ2v) is 4.80. The minimum atomic E-state index is 0.676. The summed E-state index contributed by atoms with van der Waals surface area (Å²) in [5, 5.41) is 2.35. The van der Waals surface area contributed by atoms with Gasteiger partial charge in [-0.1, -0.05) is 36.5 Å². The summed E-state index contributed by atoms with van der Waals surface area (Å²) in [5.41, 5.74) is 2.92. The molecule has 1 aromatic heterocycles. The predicted octanol–water partition coefficient (Wildman–Crippen LogP) is 4.80. The van der Waals surface area contributed by atoms with Crippen LogP contribution in [0.15, 0.2) is 18.2 Å². The van der Waals surface area contributed by atoms with Crippen molar-refractivity contribution in [1.82, 2.24) is 4.98 Å². The smallest absolute Gasteiger partial charge is 0.0906 e. The van der Waals surface area contributed by atoms with Crippen LogP contribution in [0.3, 0.4) is 0 Å². The van der Waals surface area contributed by atoms with E-state index in [0.717, 1.165) is 40.0 Å². The number of halogens is 2. The standard InChI is InChI=1S/C13H13Cl2N/c1-3-4-9-7-11(14)10-5-8(2)6-12(15)13(10)16-9/h5-7H,3-4H2,1-2H3. The molecule has 1 aromatic carbocycles. The maximum absolute atomic E-state index is 6.24. The van der Waals surface area contributed by atoms with E-state index in [1.54, 1.807) is 0 Å². The molecular weight excluding hydrogens is 241 g/mol. The third-order valence-corrected chi connectivity index (χ3v) is 3.12. The lowest BCUT2D eigenvalue weighted by Crippen LogP contribution is -1.92. The summed E-state index contributed by atoms with van der Waals surface area (Å²) in [6, 6.07) is 5.87. The van der Waals surface area contributed by atoms with E-state index in [1.165, 1.54) is 0 Å². The van der Waals surface area contributed by atoms with Crippen LogP contribution < -0.4 is 0 Å². The lowest BCUT2D eigenvalue weighted by molar-refractivity contribution is 0.890. The lowest BCUT2D eigenvalue weighted by atomic mass is 10.1. The molecule has 0 saturated heterocycles. The summed E-state index contributed by atoms with van der Waals surface area (Å²) < 4.78 is 0. The van der Waals surface area contributed by atoms with Crippen molar-refractivity contribution in [2.75, 3.05) is 0 Å². The van der Waals surface area contributed by atoms with Gasteiger partial charge in [-0.25, -0.2) is 0 Å². The molecule has 1 nitrogen and oxygen atoms in total. The first-order valence-corrected chi connectivity index (χ1v) is 6.12. The highest BCUT2D eigenvalue weighted by molar-refractivity contribution is 6.39. The first-order chi connectivity index (χ1) is 7.61. The molecule has 84 valence electrons. The zero-order valence-corrected chi connectivity index (χ0v) is 10.9. The van der Waals surface area contributed by atoms with Crippen LogP contribution >= 0.6 is 23.2 Å². The molecule has 0 N–H and O–H groups in total. The van der Waals surface area contributed by atoms with Crippen LogP contribution in [0, 0.1) is 6.92 Å². The van der Waals surface area contributed by atoms with E-state index in [0.29, 0.717) is 5.02 Å². The van der Waals surface area contributed by atoms with Crippen molar-refractivity contribution in [2.45, 2.75) is 26.7 Å². The third kappa shape index (κ3) is 2.16. The molecule has 0 aliphatic rings. The Hall–Kier alpha value is -0.790. The van der Waals surface area contributed by atoms with Gasteiger partial charge in [-0.05, 0) is 37.1 Å². The average Bonchev–Trinajstić information content (AvgIpc) is 2.20. The van der Waals surface area contributed by atoms with Gasteiger partial charge in [-0.3, -0.25) is 4.98 Å². The quantitative estimate of drug-likeness (QED) is 0.749. The van der Waals surface area contributed by atoms with Crippen molar-refractivity contribution in [3.63, 3.8) is 0 Å². The molecule has 2 aromatic rings. The molecule has 0 aliphatic carbocycles. The maximum Gasteiger partial charge on any atom is 0.0906 e. The van der Waals surface area contributed by atoms with E-state index in [1.807, 2.05) is 25.1 Å². The van der Waals surface area contributed by atoms with E-state index in [9.17, 15) is 0 Å². The van der Waals surface area contributed by atoms with Crippen LogP contribution in [0.5, 0.6) is 0 Å². The second kappa shape index (κ2) is 4.60. The monoisotopic (exact) mass is 253 g/mol. The minimum absolute atomic E-state index is 0.676. The van der Waals surface area contributed by atoms with Gasteiger partial charge in [0.1, 0.15) is 0 Å². The molecule has 0 aliphatic heterocycles. The van der Waals surface area contributed by atoms with Crippen molar-refractivity contribution in [3.8, 4) is 0 Å². The van der Waals surface area contributed by atoms with Gasteiger partial charge in [-0.2, -0.15) is 0 Å². The highest BCUT2D eigenvalue weighted by Gasteiger charge is 2.07. The number of aromatic nitrogens is 1. The normalized spacial score (nSPS) is 11.0. The molecule has 0 spiro atoms. The van der Waals surface area contributed by atoms with E-state index in [-0.39, 0.29) is 0 Å². The number of fused-ring (bicyclic) bond motifs is 1. The molecule has 0 fully saturated rings. The fraction of sp³-hybridized carbons (Fsp3) is 0.308. The van der Waals surface area contributed by atoms with Crippen LogP contribution in [0.2, 0.25) is 10.0 Å². The zero-order valence-electron chi connectivity index (χ0n) is 9.35. The van der Waals surface area contributed by atoms with Crippen LogP contribution in [-0.4, -0.2) is 4.98 Å². The van der Waals surface area contributed by atoms with E-state index >= 15 is 0 Å². The molecule has 0 unspecified atom stereocenters. The highest BCUT2D eigenvalue weighted by atomic mass is 35.5. The largest absolute Gasteiger partial charge is 0.251 e. The summed E-state index contributed by atoms with van der Waals surface area (Å²) in [7, 11) is 0. The Labute approximate surface area is 105 Å². The first kappa shape index (κ1) is 11.7. The molecule has 0 amide bonds. The highest BCUT2D eigenvalue weighted by Crippen LogP contribution is 2.30. The summed E-state index contributed by atoms with van der Waals surface area (Å²) in [5.74, 6) is 0. The number of pyridine rings is 1. The lowest BCUT2D eigenvalue weighted by Gasteiger charge is -2.07. The van der Waals surface area contributed by atoms with Crippen LogP contribution in [-0.2, 0) is 6.42 Å². The molecule has 2 rings (SSSR count). The van der Waals surface area contributed by atoms with Crippen molar-refractivity contribution in [2.24, 2.45) is 0 Å². The van der Waals surface area contributed by atoms with Gasteiger partial charge in [0.2, 0.25) is 0 Å². The van der Waals surface area contributed by atoms with Gasteiger partial charge in [0.25, 0.3) is 0 Å². The summed E-state index contributed by atoms with van der Waals surface area (Å²) in [6.45, 7) is 4.12. The van der Waals surface area contributed by atoms with Crippen molar-refractivity contribution >= 4 is 34.1 Å². The molecule has 0 atom stereocenters. The topological polar surface area (TPSA) is 12.9 Å². The molecule has 0 saturated carbocycles. The Morgan fingerprint density at radius 1 is 1.12 bits per heavy atom. The Morgan fingerprint density at radius 2 is 1.88 bits per heavy atom. The Balaban J connectivity index is 2.71. The Kier molecular flexibility index (Phi) is 3.36. The van der Waals surface area contributed by atoms with E-state index in [2.05, 4.69) is 11.9 Å². The van der Waals surface area contributed by atoms with Gasteiger partial charge in [0, 0.05) is 11.1 Å². The number of rotatable bonds is 2. The van der Waals surface area contributed by atoms with Crippen LogP contribution in [0.25, 0.3) is 10.9 Å². The molecule has 0 bridgehead atoms. The van der Waals surface area contributed by atoms with Gasteiger partial charge < -0.3 is 0 Å². The molecule has 16 heavy (non-hydrogen) atoms. The van der Waals surface area contributed by atoms with Crippen molar-refractivity contribution in [3.05, 3.63) is 39.5 Å². The molecule has 1 heterocycles. The van der Waals surface area contributed by atoms with Gasteiger partial charge in [0.05, 0.1) is 15.6 Å². The maximum atomic E-state index is 6.24. The molecular formula is C13H13Cl2N. The van der Waals surface area contributed by atoms with Crippen LogP contribution in [0.4, 0.5) is 0 Å².